The molecule has 1 fully saturated rings. The first kappa shape index (κ1) is 17.0. The molecule has 1 aliphatic heterocycles. The Bertz CT molecular complexity index is 645. The summed E-state index contributed by atoms with van der Waals surface area (Å²) < 4.78 is 33.1. The average molecular weight is 345 g/mol. The number of benzene rings is 1. The molecule has 0 saturated carbocycles. The van der Waals surface area contributed by atoms with Crippen molar-refractivity contribution in [3.8, 4) is 11.5 Å². The first-order chi connectivity index (χ1) is 10.4. The number of ether oxygens (including phenoxy) is 2. The topological polar surface area (TPSA) is 81.7 Å². The van der Waals surface area contributed by atoms with Crippen LogP contribution in [0.4, 0.5) is 5.69 Å². The van der Waals surface area contributed by atoms with E-state index in [4.69, 9.17) is 9.47 Å². The van der Waals surface area contributed by atoms with Crippen molar-refractivity contribution in [2.45, 2.75) is 11.7 Å². The molecule has 0 aromatic heterocycles. The molecule has 1 amide bonds. The fraction of sp³-hybridized carbons (Fsp3) is 0.500. The maximum absolute atomic E-state index is 12.0. The van der Waals surface area contributed by atoms with E-state index in [0.29, 0.717) is 23.6 Å². The number of methoxy groups -OCH3 is 2. The van der Waals surface area contributed by atoms with Crippen molar-refractivity contribution in [3.63, 3.8) is 0 Å². The van der Waals surface area contributed by atoms with Gasteiger partial charge in [0.25, 0.3) is 0 Å². The molecule has 2 rings (SSSR count). The highest BCUT2D eigenvalue weighted by Gasteiger charge is 2.28. The van der Waals surface area contributed by atoms with Gasteiger partial charge in [-0.15, -0.1) is 11.8 Å². The van der Waals surface area contributed by atoms with Crippen molar-refractivity contribution >= 4 is 33.2 Å². The van der Waals surface area contributed by atoms with Crippen LogP contribution in [0.2, 0.25) is 0 Å². The van der Waals surface area contributed by atoms with E-state index in [-0.39, 0.29) is 28.4 Å². The quantitative estimate of drug-likeness (QED) is 0.843. The second kappa shape index (κ2) is 7.23. The summed E-state index contributed by atoms with van der Waals surface area (Å²) in [4.78, 5) is 12.0. The highest BCUT2D eigenvalue weighted by atomic mass is 32.2. The van der Waals surface area contributed by atoms with Crippen LogP contribution in [0, 0.1) is 0 Å². The summed E-state index contributed by atoms with van der Waals surface area (Å²) >= 11 is 1.38. The molecule has 0 unspecified atom stereocenters. The third-order valence-electron chi connectivity index (χ3n) is 3.32. The molecule has 1 aromatic rings. The lowest BCUT2D eigenvalue weighted by molar-refractivity contribution is -0.113. The maximum atomic E-state index is 12.0. The van der Waals surface area contributed by atoms with Crippen LogP contribution < -0.4 is 14.8 Å². The van der Waals surface area contributed by atoms with Gasteiger partial charge in [-0.3, -0.25) is 4.79 Å². The second-order valence-corrected chi connectivity index (χ2v) is 8.47. The van der Waals surface area contributed by atoms with Crippen molar-refractivity contribution in [2.24, 2.45) is 0 Å². The molecule has 1 N–H and O–H groups in total. The van der Waals surface area contributed by atoms with Crippen LogP contribution in [0.1, 0.15) is 6.42 Å². The number of sulfone groups is 1. The van der Waals surface area contributed by atoms with E-state index in [9.17, 15) is 13.2 Å². The Morgan fingerprint density at radius 1 is 1.36 bits per heavy atom. The summed E-state index contributed by atoms with van der Waals surface area (Å²) in [7, 11) is 0.164. The molecular formula is C14H19NO5S2. The van der Waals surface area contributed by atoms with Gasteiger partial charge in [0.2, 0.25) is 5.91 Å². The normalized spacial score (nSPS) is 19.6. The van der Waals surface area contributed by atoms with E-state index < -0.39 is 9.84 Å². The van der Waals surface area contributed by atoms with Crippen molar-refractivity contribution in [2.75, 3.05) is 36.8 Å². The number of nitrogens with one attached hydrogen (secondary N) is 1. The molecule has 1 saturated heterocycles. The number of hydrogen-bond acceptors (Lipinski definition) is 6. The van der Waals surface area contributed by atoms with E-state index in [1.54, 1.807) is 25.3 Å². The SMILES string of the molecule is COc1ccc(NC(=O)CS[C@@H]2CCS(=O)(=O)C2)c(OC)c1. The molecule has 0 bridgehead atoms. The van der Waals surface area contributed by atoms with Gasteiger partial charge in [0.1, 0.15) is 11.5 Å². The molecule has 1 aromatic carbocycles. The van der Waals surface area contributed by atoms with Gasteiger partial charge >= 0.3 is 0 Å². The predicted octanol–water partition coefficient (Wildman–Crippen LogP) is 1.56. The molecular weight excluding hydrogens is 326 g/mol. The first-order valence-corrected chi connectivity index (χ1v) is 9.64. The molecule has 1 heterocycles. The number of carbonyl (C=O) groups is 1. The van der Waals surface area contributed by atoms with Crippen LogP contribution in [0.25, 0.3) is 0 Å². The Kier molecular flexibility index (Phi) is 5.57. The van der Waals surface area contributed by atoms with Gasteiger partial charge < -0.3 is 14.8 Å². The van der Waals surface area contributed by atoms with Crippen LogP contribution in [0.3, 0.4) is 0 Å². The molecule has 0 radical (unpaired) electrons. The lowest BCUT2D eigenvalue weighted by Gasteiger charge is -2.12. The summed E-state index contributed by atoms with van der Waals surface area (Å²) in [5.74, 6) is 1.57. The Labute approximate surface area is 134 Å². The third-order valence-corrected chi connectivity index (χ3v) is 6.61. The number of rotatable bonds is 6. The number of hydrogen-bond donors (Lipinski definition) is 1. The molecule has 22 heavy (non-hydrogen) atoms. The first-order valence-electron chi connectivity index (χ1n) is 6.77. The monoisotopic (exact) mass is 345 g/mol. The van der Waals surface area contributed by atoms with Gasteiger partial charge in [-0.25, -0.2) is 8.42 Å². The Hall–Kier alpha value is -1.41. The largest absolute Gasteiger partial charge is 0.497 e. The van der Waals surface area contributed by atoms with Crippen molar-refractivity contribution in [1.82, 2.24) is 0 Å². The van der Waals surface area contributed by atoms with Gasteiger partial charge in [-0.2, -0.15) is 0 Å². The number of carbonyl (C=O) groups excluding carboxylic acids is 1. The lowest BCUT2D eigenvalue weighted by atomic mass is 10.2. The maximum Gasteiger partial charge on any atom is 0.234 e. The number of thioether (sulfide) groups is 1. The van der Waals surface area contributed by atoms with Gasteiger partial charge in [0, 0.05) is 11.3 Å². The van der Waals surface area contributed by atoms with Crippen molar-refractivity contribution < 1.29 is 22.7 Å². The smallest absolute Gasteiger partial charge is 0.234 e. The summed E-state index contributed by atoms with van der Waals surface area (Å²) in [6.45, 7) is 0. The molecule has 1 atom stereocenters. The summed E-state index contributed by atoms with van der Waals surface area (Å²) in [6, 6.07) is 5.13. The van der Waals surface area contributed by atoms with Crippen LogP contribution in [0.15, 0.2) is 18.2 Å². The highest BCUT2D eigenvalue weighted by molar-refractivity contribution is 8.02. The minimum Gasteiger partial charge on any atom is -0.497 e. The van der Waals surface area contributed by atoms with Gasteiger partial charge in [-0.1, -0.05) is 0 Å². The van der Waals surface area contributed by atoms with E-state index >= 15 is 0 Å². The van der Waals surface area contributed by atoms with E-state index in [2.05, 4.69) is 5.32 Å². The van der Waals surface area contributed by atoms with E-state index in [0.717, 1.165) is 0 Å². The molecule has 6 nitrogen and oxygen atoms in total. The van der Waals surface area contributed by atoms with E-state index in [1.807, 2.05) is 0 Å². The molecule has 122 valence electrons. The third kappa shape index (κ3) is 4.54. The van der Waals surface area contributed by atoms with Crippen LogP contribution >= 0.6 is 11.8 Å². The van der Waals surface area contributed by atoms with E-state index in [1.165, 1.54) is 18.9 Å². The van der Waals surface area contributed by atoms with Gasteiger partial charge in [0.15, 0.2) is 9.84 Å². The average Bonchev–Trinajstić information content (AvgIpc) is 2.85. The fourth-order valence-corrected chi connectivity index (χ4v) is 5.62. The molecule has 1 aliphatic rings. The molecule has 0 aliphatic carbocycles. The molecule has 0 spiro atoms. The lowest BCUT2D eigenvalue weighted by Crippen LogP contribution is -2.17. The zero-order chi connectivity index (χ0) is 16.2. The van der Waals surface area contributed by atoms with Gasteiger partial charge in [-0.05, 0) is 18.6 Å². The summed E-state index contributed by atoms with van der Waals surface area (Å²) in [5.41, 5.74) is 0.563. The Morgan fingerprint density at radius 2 is 2.14 bits per heavy atom. The standard InChI is InChI=1S/C14H19NO5S2/c1-19-10-3-4-12(13(7-10)20-2)15-14(16)8-21-11-5-6-22(17,18)9-11/h3-4,7,11H,5-6,8-9H2,1-2H3,(H,15,16)/t11-/m1/s1. The minimum atomic E-state index is -2.91. The highest BCUT2D eigenvalue weighted by Crippen LogP contribution is 2.29. The van der Waals surface area contributed by atoms with Crippen LogP contribution in [0.5, 0.6) is 11.5 Å². The van der Waals surface area contributed by atoms with Crippen molar-refractivity contribution in [3.05, 3.63) is 18.2 Å². The summed E-state index contributed by atoms with van der Waals surface area (Å²) in [6.07, 6.45) is 0.617. The minimum absolute atomic E-state index is 0.00788. The summed E-state index contributed by atoms with van der Waals surface area (Å²) in [5, 5.41) is 2.78. The van der Waals surface area contributed by atoms with Crippen LogP contribution in [-0.2, 0) is 14.6 Å². The predicted molar refractivity (Wildman–Crippen MR) is 87.7 cm³/mol. The number of amides is 1. The fourth-order valence-electron chi connectivity index (χ4n) is 2.17. The zero-order valence-electron chi connectivity index (χ0n) is 12.5. The van der Waals surface area contributed by atoms with Crippen molar-refractivity contribution in [1.29, 1.82) is 0 Å². The molecule has 8 heteroatoms. The second-order valence-electron chi connectivity index (χ2n) is 4.95. The zero-order valence-corrected chi connectivity index (χ0v) is 14.1. The Balaban J connectivity index is 1.89. The van der Waals surface area contributed by atoms with Crippen LogP contribution in [-0.4, -0.2) is 51.1 Å². The van der Waals surface area contributed by atoms with Gasteiger partial charge in [0.05, 0.1) is 37.2 Å². The Morgan fingerprint density at radius 3 is 2.73 bits per heavy atom. The number of anilines is 1.